The summed E-state index contributed by atoms with van der Waals surface area (Å²) in [5.74, 6) is 0.801. The minimum atomic E-state index is 0. The molecular weight excluding hydrogens is 587 g/mol. The maximum absolute atomic E-state index is 5.88. The molecule has 0 radical (unpaired) electrons. The van der Waals surface area contributed by atoms with Crippen molar-refractivity contribution in [2.45, 2.75) is 19.8 Å². The van der Waals surface area contributed by atoms with E-state index in [1.54, 1.807) is 12.4 Å². The largest absolute Gasteiger partial charge is 0.493 e. The molecule has 4 rings (SSSR count). The van der Waals surface area contributed by atoms with Crippen molar-refractivity contribution in [3.8, 4) is 28.5 Å². The van der Waals surface area contributed by atoms with Crippen molar-refractivity contribution >= 4 is 12.2 Å². The van der Waals surface area contributed by atoms with E-state index in [1.807, 2.05) is 72.9 Å². The molecule has 0 aliphatic rings. The molecule has 0 spiro atoms. The van der Waals surface area contributed by atoms with Crippen LogP contribution in [0.3, 0.4) is 0 Å². The monoisotopic (exact) mass is 611 g/mol. The molecule has 5 nitrogen and oxygen atoms in total. The summed E-state index contributed by atoms with van der Waals surface area (Å²) < 4.78 is 6.66. The summed E-state index contributed by atoms with van der Waals surface area (Å²) in [6, 6.07) is 21.1. The molecule has 0 aromatic carbocycles. The topological polar surface area (TPSA) is 63.7 Å². The Balaban J connectivity index is 0.000000364. The fourth-order valence-corrected chi connectivity index (χ4v) is 2.74. The third-order valence-electron chi connectivity index (χ3n) is 4.10. The molecule has 4 heterocycles. The van der Waals surface area contributed by atoms with E-state index in [2.05, 4.69) is 21.9 Å². The number of nitrogens with zero attached hydrogens (tertiary/aromatic N) is 3. The van der Waals surface area contributed by atoms with Crippen LogP contribution in [0.25, 0.3) is 22.8 Å². The summed E-state index contributed by atoms with van der Waals surface area (Å²) in [6.07, 6.45) is 7.47. The second-order valence-electron chi connectivity index (χ2n) is 6.43. The van der Waals surface area contributed by atoms with E-state index in [4.69, 9.17) is 21.9 Å². The van der Waals surface area contributed by atoms with E-state index in [-0.39, 0.29) is 21.1 Å². The SMILES string of the molecule is CCCCOc1cc(-c2ccccn2)nc(-c2ccccn2)c1.S=c1cccc[nH]1.[Pt]. The molecule has 162 valence electrons. The third-order valence-corrected chi connectivity index (χ3v) is 4.35. The van der Waals surface area contributed by atoms with Crippen LogP contribution in [0.1, 0.15) is 19.8 Å². The number of nitrogens with one attached hydrogen (secondary N) is 1. The van der Waals surface area contributed by atoms with Crippen molar-refractivity contribution in [1.29, 1.82) is 0 Å². The molecule has 4 aromatic heterocycles. The van der Waals surface area contributed by atoms with Crippen molar-refractivity contribution in [2.75, 3.05) is 6.61 Å². The molecule has 31 heavy (non-hydrogen) atoms. The maximum Gasteiger partial charge on any atom is 0.123 e. The quantitative estimate of drug-likeness (QED) is 0.210. The van der Waals surface area contributed by atoms with Gasteiger partial charge in [-0.25, -0.2) is 4.98 Å². The summed E-state index contributed by atoms with van der Waals surface area (Å²) >= 11 is 4.76. The zero-order valence-corrected chi connectivity index (χ0v) is 20.3. The summed E-state index contributed by atoms with van der Waals surface area (Å²) in [7, 11) is 0. The van der Waals surface area contributed by atoms with Crippen molar-refractivity contribution < 1.29 is 25.8 Å². The van der Waals surface area contributed by atoms with Crippen molar-refractivity contribution in [2.24, 2.45) is 0 Å². The van der Waals surface area contributed by atoms with E-state index < -0.39 is 0 Å². The van der Waals surface area contributed by atoms with E-state index in [0.717, 1.165) is 46.0 Å². The van der Waals surface area contributed by atoms with Gasteiger partial charge in [0.05, 0.1) is 29.4 Å². The second-order valence-corrected chi connectivity index (χ2v) is 6.87. The molecule has 0 unspecified atom stereocenters. The number of aromatic amines is 1. The van der Waals surface area contributed by atoms with Crippen molar-refractivity contribution in [3.05, 3.63) is 90.0 Å². The summed E-state index contributed by atoms with van der Waals surface area (Å²) in [5, 5.41) is 0. The zero-order chi connectivity index (χ0) is 21.0. The van der Waals surface area contributed by atoms with Gasteiger partial charge in [0.25, 0.3) is 0 Å². The van der Waals surface area contributed by atoms with E-state index in [1.165, 1.54) is 0 Å². The average Bonchev–Trinajstić information content (AvgIpc) is 2.81. The Bertz CT molecular complexity index is 1020. The molecule has 4 aromatic rings. The molecule has 0 aliphatic heterocycles. The average molecular weight is 612 g/mol. The van der Waals surface area contributed by atoms with Crippen LogP contribution < -0.4 is 4.74 Å². The summed E-state index contributed by atoms with van der Waals surface area (Å²) in [4.78, 5) is 16.3. The first-order valence-corrected chi connectivity index (χ1v) is 10.3. The van der Waals surface area contributed by atoms with Crippen LogP contribution >= 0.6 is 12.2 Å². The predicted molar refractivity (Wildman–Crippen MR) is 123 cm³/mol. The van der Waals surface area contributed by atoms with Crippen LogP contribution in [-0.4, -0.2) is 26.5 Å². The van der Waals surface area contributed by atoms with Crippen LogP contribution in [-0.2, 0) is 21.1 Å². The van der Waals surface area contributed by atoms with Gasteiger partial charge in [-0.2, -0.15) is 0 Å². The van der Waals surface area contributed by atoms with Crippen LogP contribution in [0, 0.1) is 4.64 Å². The molecule has 0 amide bonds. The molecule has 7 heteroatoms. The Morgan fingerprint density at radius 2 is 1.45 bits per heavy atom. The molecule has 0 bridgehead atoms. The van der Waals surface area contributed by atoms with Gasteiger partial charge in [0, 0.05) is 51.8 Å². The Kier molecular flexibility index (Phi) is 10.8. The zero-order valence-electron chi connectivity index (χ0n) is 17.2. The normalized spacial score (nSPS) is 9.71. The fourth-order valence-electron chi connectivity index (χ4n) is 2.59. The van der Waals surface area contributed by atoms with Gasteiger partial charge in [-0.1, -0.05) is 43.8 Å². The van der Waals surface area contributed by atoms with Crippen LogP contribution in [0.2, 0.25) is 0 Å². The number of aromatic nitrogens is 4. The molecule has 0 atom stereocenters. The van der Waals surface area contributed by atoms with Crippen LogP contribution in [0.15, 0.2) is 85.3 Å². The summed E-state index contributed by atoms with van der Waals surface area (Å²) in [5.41, 5.74) is 3.23. The first kappa shape index (κ1) is 24.6. The van der Waals surface area contributed by atoms with Crippen molar-refractivity contribution in [3.63, 3.8) is 0 Å². The molecule has 0 aliphatic carbocycles. The smallest absolute Gasteiger partial charge is 0.123 e. The Labute approximate surface area is 202 Å². The third kappa shape index (κ3) is 8.16. The molecular formula is C24H24N4OPtS. The molecule has 1 N–H and O–H groups in total. The van der Waals surface area contributed by atoms with Crippen molar-refractivity contribution in [1.82, 2.24) is 19.9 Å². The molecule has 0 fully saturated rings. The Hall–Kier alpha value is -2.69. The number of hydrogen-bond donors (Lipinski definition) is 1. The van der Waals surface area contributed by atoms with Gasteiger partial charge in [0.1, 0.15) is 10.4 Å². The number of ether oxygens (including phenoxy) is 1. The minimum absolute atomic E-state index is 0. The number of rotatable bonds is 6. The van der Waals surface area contributed by atoms with E-state index in [0.29, 0.717) is 6.61 Å². The maximum atomic E-state index is 5.88. The van der Waals surface area contributed by atoms with Gasteiger partial charge >= 0.3 is 0 Å². The number of pyridine rings is 4. The fraction of sp³-hybridized carbons (Fsp3) is 0.167. The van der Waals surface area contributed by atoms with Gasteiger partial charge in [0.15, 0.2) is 0 Å². The van der Waals surface area contributed by atoms with Gasteiger partial charge in [-0.15, -0.1) is 0 Å². The van der Waals surface area contributed by atoms with E-state index in [9.17, 15) is 0 Å². The second kappa shape index (κ2) is 13.6. The van der Waals surface area contributed by atoms with Gasteiger partial charge in [0.2, 0.25) is 0 Å². The number of H-pyrrole nitrogens is 1. The molecule has 0 saturated carbocycles. The first-order chi connectivity index (χ1) is 14.8. The van der Waals surface area contributed by atoms with Gasteiger partial charge in [-0.05, 0) is 42.8 Å². The van der Waals surface area contributed by atoms with Crippen LogP contribution in [0.4, 0.5) is 0 Å². The Morgan fingerprint density at radius 3 is 1.87 bits per heavy atom. The number of unbranched alkanes of at least 4 members (excludes halogenated alkanes) is 1. The van der Waals surface area contributed by atoms with Gasteiger partial charge in [-0.3, -0.25) is 9.97 Å². The Morgan fingerprint density at radius 1 is 0.839 bits per heavy atom. The molecule has 0 saturated heterocycles. The predicted octanol–water partition coefficient (Wildman–Crippen LogP) is 6.13. The van der Waals surface area contributed by atoms with Crippen LogP contribution in [0.5, 0.6) is 5.75 Å². The standard InChI is InChI=1S/C19H19N3O.C5H5NS.Pt/c1-2-3-12-23-15-13-18(16-8-4-6-10-20-16)22-19(14-15)17-9-5-7-11-21-17;7-5-3-1-2-4-6-5;/h4-11,13-14H,2-3,12H2,1H3;1-4H,(H,6,7);. The summed E-state index contributed by atoms with van der Waals surface area (Å²) in [6.45, 7) is 2.85. The minimum Gasteiger partial charge on any atom is -0.493 e. The van der Waals surface area contributed by atoms with E-state index >= 15 is 0 Å². The first-order valence-electron chi connectivity index (χ1n) is 9.87. The number of hydrogen-bond acceptors (Lipinski definition) is 5. The van der Waals surface area contributed by atoms with Gasteiger partial charge < -0.3 is 9.72 Å².